The van der Waals surface area contributed by atoms with Gasteiger partial charge in [-0.05, 0) is 47.9 Å². The number of hydrogen-bond donors (Lipinski definition) is 2. The van der Waals surface area contributed by atoms with Crippen molar-refractivity contribution in [3.05, 3.63) is 41.5 Å². The molecule has 0 radical (unpaired) electrons. The van der Waals surface area contributed by atoms with E-state index in [9.17, 15) is 19.1 Å². The van der Waals surface area contributed by atoms with Crippen molar-refractivity contribution in [2.75, 3.05) is 6.54 Å². The molecule has 0 saturated carbocycles. The van der Waals surface area contributed by atoms with Crippen molar-refractivity contribution >= 4 is 11.9 Å². The van der Waals surface area contributed by atoms with Crippen molar-refractivity contribution in [2.45, 2.75) is 46.1 Å². The normalized spacial score (nSPS) is 12.6. The van der Waals surface area contributed by atoms with E-state index in [1.807, 2.05) is 0 Å². The number of nitrogens with zero attached hydrogens (tertiary/aromatic N) is 4. The molecule has 2 N–H and O–H groups in total. The van der Waals surface area contributed by atoms with E-state index in [1.54, 1.807) is 32.9 Å². The number of halogens is 1. The number of benzene rings is 1. The highest BCUT2D eigenvalue weighted by Crippen LogP contribution is 2.26. The number of rotatable bonds is 9. The average Bonchev–Trinajstić information content (AvgIpc) is 3.07. The Hall–Kier alpha value is -2.84. The number of amides is 1. The SMILES string of the molecule is CCC(CC)(CNC(=O)C(Cc1ccc(F)cc1)n1nnnc1C)C(=O)O. The molecule has 2 aromatic rings. The number of carboxylic acids is 1. The van der Waals surface area contributed by atoms with Crippen molar-refractivity contribution in [2.24, 2.45) is 5.41 Å². The maximum atomic E-state index is 13.2. The van der Waals surface area contributed by atoms with Gasteiger partial charge in [0.15, 0.2) is 0 Å². The number of aromatic nitrogens is 4. The van der Waals surface area contributed by atoms with E-state index in [2.05, 4.69) is 20.8 Å². The monoisotopic (exact) mass is 377 g/mol. The van der Waals surface area contributed by atoms with Crippen molar-refractivity contribution in [3.63, 3.8) is 0 Å². The predicted octanol–water partition coefficient (Wildman–Crippen LogP) is 1.91. The molecule has 27 heavy (non-hydrogen) atoms. The summed E-state index contributed by atoms with van der Waals surface area (Å²) >= 11 is 0. The molecule has 2 rings (SSSR count). The lowest BCUT2D eigenvalue weighted by molar-refractivity contribution is -0.149. The highest BCUT2D eigenvalue weighted by Gasteiger charge is 2.36. The summed E-state index contributed by atoms with van der Waals surface area (Å²) in [7, 11) is 0. The second-order valence-corrected chi connectivity index (χ2v) is 6.53. The summed E-state index contributed by atoms with van der Waals surface area (Å²) in [6.07, 6.45) is 1.04. The van der Waals surface area contributed by atoms with Crippen molar-refractivity contribution in [1.29, 1.82) is 0 Å². The van der Waals surface area contributed by atoms with Crippen LogP contribution in [-0.4, -0.2) is 43.7 Å². The molecule has 0 aliphatic heterocycles. The third kappa shape index (κ3) is 4.66. The minimum absolute atomic E-state index is 0.00918. The first-order chi connectivity index (χ1) is 12.8. The Morgan fingerprint density at radius 3 is 2.37 bits per heavy atom. The highest BCUT2D eigenvalue weighted by atomic mass is 19.1. The molecule has 9 heteroatoms. The number of nitrogens with one attached hydrogen (secondary N) is 1. The Labute approximate surface area is 156 Å². The number of carbonyl (C=O) groups is 2. The van der Waals surface area contributed by atoms with E-state index in [0.29, 0.717) is 18.7 Å². The van der Waals surface area contributed by atoms with Gasteiger partial charge in [0.05, 0.1) is 5.41 Å². The van der Waals surface area contributed by atoms with Crippen molar-refractivity contribution in [1.82, 2.24) is 25.5 Å². The summed E-state index contributed by atoms with van der Waals surface area (Å²) in [6, 6.07) is 5.05. The van der Waals surface area contributed by atoms with Gasteiger partial charge >= 0.3 is 5.97 Å². The van der Waals surface area contributed by atoms with E-state index < -0.39 is 17.4 Å². The maximum Gasteiger partial charge on any atom is 0.311 e. The Balaban J connectivity index is 2.22. The van der Waals surface area contributed by atoms with Crippen LogP contribution in [-0.2, 0) is 16.0 Å². The number of aliphatic carboxylic acids is 1. The smallest absolute Gasteiger partial charge is 0.311 e. The van der Waals surface area contributed by atoms with Gasteiger partial charge in [-0.3, -0.25) is 9.59 Å². The summed E-state index contributed by atoms with van der Waals surface area (Å²) in [4.78, 5) is 24.5. The van der Waals surface area contributed by atoms with E-state index in [1.165, 1.54) is 16.8 Å². The summed E-state index contributed by atoms with van der Waals surface area (Å²) in [6.45, 7) is 5.25. The maximum absolute atomic E-state index is 13.2. The Morgan fingerprint density at radius 1 is 1.26 bits per heavy atom. The fourth-order valence-corrected chi connectivity index (χ4v) is 2.91. The Morgan fingerprint density at radius 2 is 1.89 bits per heavy atom. The standard InChI is InChI=1S/C18H24FN5O3/c1-4-18(5-2,17(26)27)11-20-16(25)15(24-12(3)21-22-23-24)10-13-6-8-14(19)9-7-13/h6-9,15H,4-5,10-11H2,1-3H3,(H,20,25)(H,26,27). The number of aryl methyl sites for hydroxylation is 1. The molecule has 0 spiro atoms. The third-order valence-corrected chi connectivity index (χ3v) is 5.01. The van der Waals surface area contributed by atoms with Gasteiger partial charge in [-0.25, -0.2) is 9.07 Å². The van der Waals surface area contributed by atoms with Gasteiger partial charge in [-0.2, -0.15) is 0 Å². The summed E-state index contributed by atoms with van der Waals surface area (Å²) in [5.41, 5.74) is -0.284. The minimum atomic E-state index is -1.02. The Bertz CT molecular complexity index is 787. The topological polar surface area (TPSA) is 110 Å². The van der Waals surface area contributed by atoms with Crippen LogP contribution in [0.4, 0.5) is 4.39 Å². The largest absolute Gasteiger partial charge is 0.481 e. The third-order valence-electron chi connectivity index (χ3n) is 5.01. The molecular weight excluding hydrogens is 353 g/mol. The minimum Gasteiger partial charge on any atom is -0.481 e. The van der Waals surface area contributed by atoms with Crippen LogP contribution in [0, 0.1) is 18.2 Å². The number of carboxylic acid groups (broad SMARTS) is 1. The van der Waals surface area contributed by atoms with Gasteiger partial charge in [-0.15, -0.1) is 5.10 Å². The zero-order valence-electron chi connectivity index (χ0n) is 15.6. The van der Waals surface area contributed by atoms with Crippen LogP contribution in [0.25, 0.3) is 0 Å². The molecule has 1 atom stereocenters. The molecule has 1 aromatic carbocycles. The number of carbonyl (C=O) groups excluding carboxylic acids is 1. The molecule has 146 valence electrons. The first-order valence-electron chi connectivity index (χ1n) is 8.83. The first kappa shape index (κ1) is 20.5. The molecular formula is C18H24FN5O3. The second kappa shape index (κ2) is 8.70. The van der Waals surface area contributed by atoms with Crippen LogP contribution in [0.15, 0.2) is 24.3 Å². The zero-order valence-corrected chi connectivity index (χ0v) is 15.6. The zero-order chi connectivity index (χ0) is 20.0. The summed E-state index contributed by atoms with van der Waals surface area (Å²) in [5, 5.41) is 23.6. The molecule has 0 aliphatic rings. The lowest BCUT2D eigenvalue weighted by atomic mass is 9.82. The van der Waals surface area contributed by atoms with Gasteiger partial charge in [0.25, 0.3) is 0 Å². The van der Waals surface area contributed by atoms with Crippen LogP contribution < -0.4 is 5.32 Å². The van der Waals surface area contributed by atoms with Gasteiger partial charge in [0, 0.05) is 13.0 Å². The summed E-state index contributed by atoms with van der Waals surface area (Å²) < 4.78 is 14.5. The fraction of sp³-hybridized carbons (Fsp3) is 0.500. The molecule has 1 amide bonds. The molecule has 0 saturated heterocycles. The second-order valence-electron chi connectivity index (χ2n) is 6.53. The van der Waals surface area contributed by atoms with Gasteiger partial charge in [-0.1, -0.05) is 26.0 Å². The van der Waals surface area contributed by atoms with Crippen LogP contribution in [0.2, 0.25) is 0 Å². The van der Waals surface area contributed by atoms with Crippen molar-refractivity contribution in [3.8, 4) is 0 Å². The molecule has 0 fully saturated rings. The molecule has 0 aliphatic carbocycles. The number of hydrogen-bond acceptors (Lipinski definition) is 5. The molecule has 1 unspecified atom stereocenters. The lowest BCUT2D eigenvalue weighted by Crippen LogP contribution is -2.45. The summed E-state index contributed by atoms with van der Waals surface area (Å²) in [5.74, 6) is -1.24. The van der Waals surface area contributed by atoms with Gasteiger partial charge in [0.2, 0.25) is 5.91 Å². The van der Waals surface area contributed by atoms with Gasteiger partial charge in [0.1, 0.15) is 17.7 Å². The average molecular weight is 377 g/mol. The fourth-order valence-electron chi connectivity index (χ4n) is 2.91. The van der Waals surface area contributed by atoms with Crippen LogP contribution >= 0.6 is 0 Å². The molecule has 8 nitrogen and oxygen atoms in total. The van der Waals surface area contributed by atoms with E-state index in [-0.39, 0.29) is 24.7 Å². The highest BCUT2D eigenvalue weighted by molar-refractivity contribution is 5.82. The van der Waals surface area contributed by atoms with Crippen molar-refractivity contribution < 1.29 is 19.1 Å². The van der Waals surface area contributed by atoms with Crippen LogP contribution in [0.3, 0.4) is 0 Å². The van der Waals surface area contributed by atoms with Crippen LogP contribution in [0.1, 0.15) is 44.1 Å². The predicted molar refractivity (Wildman–Crippen MR) is 95.4 cm³/mol. The molecule has 1 heterocycles. The van der Waals surface area contributed by atoms with E-state index in [0.717, 1.165) is 5.56 Å². The van der Waals surface area contributed by atoms with Crippen LogP contribution in [0.5, 0.6) is 0 Å². The van der Waals surface area contributed by atoms with E-state index >= 15 is 0 Å². The lowest BCUT2D eigenvalue weighted by Gasteiger charge is -2.28. The van der Waals surface area contributed by atoms with E-state index in [4.69, 9.17) is 0 Å². The number of tetrazole rings is 1. The first-order valence-corrected chi connectivity index (χ1v) is 8.83. The molecule has 1 aromatic heterocycles. The molecule has 0 bridgehead atoms. The quantitative estimate of drug-likeness (QED) is 0.691. The van der Waals surface area contributed by atoms with Gasteiger partial charge < -0.3 is 10.4 Å². The Kier molecular flexibility index (Phi) is 6.59.